The number of benzene rings is 1. The fourth-order valence-electron chi connectivity index (χ4n) is 15.3. The Hall–Kier alpha value is -9.41. The second kappa shape index (κ2) is 56.0. The summed E-state index contributed by atoms with van der Waals surface area (Å²) in [5, 5.41) is 112. The van der Waals surface area contributed by atoms with Crippen LogP contribution < -0.4 is 81.8 Å². The first-order valence-corrected chi connectivity index (χ1v) is 44.1. The van der Waals surface area contributed by atoms with Gasteiger partial charge in [-0.1, -0.05) is 97.1 Å². The number of hydrogen-bond donors (Lipinski definition) is 23. The maximum Gasteiger partial charge on any atom is 0.328 e. The predicted molar refractivity (Wildman–Crippen MR) is 458 cm³/mol. The van der Waals surface area contributed by atoms with E-state index in [1.54, 1.807) is 0 Å². The number of esters is 1. The number of phenols is 1. The highest BCUT2D eigenvalue weighted by atomic mass is 16.5. The van der Waals surface area contributed by atoms with Crippen LogP contribution in [-0.2, 0) is 83.1 Å². The number of aliphatic hydroxyl groups excluding tert-OH is 7. The molecule has 4 rings (SSSR count). The average Bonchev–Trinajstić information content (AvgIpc) is 1.64. The highest BCUT2D eigenvalue weighted by Gasteiger charge is 2.49. The van der Waals surface area contributed by atoms with E-state index in [2.05, 4.69) is 60.1 Å². The summed E-state index contributed by atoms with van der Waals surface area (Å²) in [6, 6.07) is -15.7. The molecule has 0 aromatic heterocycles. The molecule has 0 aliphatic carbocycles. The van der Waals surface area contributed by atoms with Crippen LogP contribution in [0.4, 0.5) is 0 Å². The third kappa shape index (κ3) is 35.7. The first kappa shape index (κ1) is 109. The number of amides is 14. The van der Waals surface area contributed by atoms with E-state index < -0.39 is 249 Å². The Kier molecular flexibility index (Phi) is 48.4. The van der Waals surface area contributed by atoms with Crippen molar-refractivity contribution in [3.8, 4) is 5.75 Å². The molecule has 714 valence electrons. The first-order chi connectivity index (χ1) is 59.6. The molecule has 3 heterocycles. The Morgan fingerprint density at radius 2 is 1.03 bits per heavy atom. The Bertz CT molecular complexity index is 3670. The number of fused-ring (bicyclic) bond motifs is 2. The van der Waals surface area contributed by atoms with Crippen LogP contribution in [0, 0.1) is 5.92 Å². The summed E-state index contributed by atoms with van der Waals surface area (Å²) in [5.41, 5.74) is 29.7. The molecular formula is C83H143N19O24. The van der Waals surface area contributed by atoms with Gasteiger partial charge in [0, 0.05) is 65.2 Å². The molecule has 3 saturated heterocycles. The molecule has 43 heteroatoms. The molecule has 2 unspecified atom stereocenters. The molecule has 3 aliphatic heterocycles. The number of primary amides is 1. The topological polar surface area (TPSA) is 690 Å². The number of carbonyl (C=O) groups excluding carboxylic acids is 15. The summed E-state index contributed by atoms with van der Waals surface area (Å²) >= 11 is 0. The zero-order valence-corrected chi connectivity index (χ0v) is 74.1. The highest BCUT2D eigenvalue weighted by molar-refractivity contribution is 6.00. The van der Waals surface area contributed by atoms with Crippen molar-refractivity contribution in [3.05, 3.63) is 29.8 Å². The van der Waals surface area contributed by atoms with E-state index in [0.717, 1.165) is 90.4 Å². The zero-order valence-electron chi connectivity index (χ0n) is 74.1. The predicted octanol–water partition coefficient (Wildman–Crippen LogP) is -6.93. The summed E-state index contributed by atoms with van der Waals surface area (Å²) in [6.07, 6.45) is -6.27. The van der Waals surface area contributed by atoms with Gasteiger partial charge in [-0.15, -0.1) is 0 Å². The molecule has 20 atom stereocenters. The van der Waals surface area contributed by atoms with Crippen molar-refractivity contribution in [3.63, 3.8) is 0 Å². The number of aliphatic hydroxyl groups is 7. The van der Waals surface area contributed by atoms with Gasteiger partial charge in [-0.25, -0.2) is 4.79 Å². The Morgan fingerprint density at radius 3 is 1.59 bits per heavy atom. The minimum absolute atomic E-state index is 0.00341. The fraction of sp³-hybridized carbons (Fsp3) is 0.747. The molecule has 3 aliphatic rings. The number of ether oxygens (including phenoxy) is 1. The molecule has 3 fully saturated rings. The van der Waals surface area contributed by atoms with Gasteiger partial charge in [0.2, 0.25) is 82.7 Å². The van der Waals surface area contributed by atoms with Crippen LogP contribution in [0.5, 0.6) is 5.75 Å². The van der Waals surface area contributed by atoms with E-state index in [9.17, 15) is 108 Å². The van der Waals surface area contributed by atoms with Gasteiger partial charge in [0.25, 0.3) is 0 Å². The molecule has 126 heavy (non-hydrogen) atoms. The van der Waals surface area contributed by atoms with Crippen LogP contribution in [-0.4, -0.2) is 342 Å². The lowest BCUT2D eigenvalue weighted by molar-refractivity contribution is -0.155. The number of nitrogens with one attached hydrogen (secondary N) is 10. The molecular weight excluding hydrogens is 1650 g/mol. The number of hydrogen-bond acceptors (Lipinski definition) is 29. The fourth-order valence-corrected chi connectivity index (χ4v) is 15.3. The minimum atomic E-state index is -2.27. The summed E-state index contributed by atoms with van der Waals surface area (Å²) in [5.74, 6) is -18.0. The lowest BCUT2D eigenvalue weighted by Gasteiger charge is -2.35. The monoisotopic (exact) mass is 1790 g/mol. The standard InChI is InChI=1S/C83H143N19O24/c1-9-10-11-12-13-14-15-16-17-18-19-23-55-42-63(112)93-66(48(5)103)76(118)90-47(4)72(114)92-57(40-52-26-28-53(107)29-27-52)73(115)95-65(46(2)3)81(123)102-45-54(108)41-59(102)74(116)96-68(50(7)105)78(120)97-69(51(8)106)82(124)101-37-30-60(109)71(101)79(121)98-70(61(110)43-62(88)111)75(117)89-44-64(113)94-67(49(6)104)77(119)91-56(83(125)126-55)24-21-35-100(36-22-32-85)80(122)58(25-20-31-84)99(38-33-86)39-34-87/h26-29,46-51,54-61,65-71,103-110H,9-25,30-45,84-87H2,1-8H3,(H2,88,111)(H,89,117)(H,90,118)(H,91,119)(H,92,114)(H,93,112)(H,94,113)(H,95,115)(H,96,116)(H,97,120)(H,98,121)/t47-,48-,49-,50-,51-,54-,55-,56+,57+,58-,59+,60+,61?,65+,66-,67-,68-,69+,70?,71+/m1/s1. The summed E-state index contributed by atoms with van der Waals surface area (Å²) in [7, 11) is 0. The van der Waals surface area contributed by atoms with E-state index in [0.29, 0.717) is 55.7 Å². The van der Waals surface area contributed by atoms with Crippen molar-refractivity contribution < 1.29 is 118 Å². The number of cyclic esters (lactones) is 1. The number of unbranched alkanes of at least 4 members (excludes halogenated alkanes) is 10. The van der Waals surface area contributed by atoms with Crippen molar-refractivity contribution in [2.45, 2.75) is 318 Å². The number of phenolic OH excluding ortho intramolecular Hbond substituents is 1. The summed E-state index contributed by atoms with van der Waals surface area (Å²) < 4.78 is 6.19. The Balaban J connectivity index is 1.91. The summed E-state index contributed by atoms with van der Waals surface area (Å²) in [6.45, 7) is 9.93. The van der Waals surface area contributed by atoms with E-state index >= 15 is 4.79 Å². The molecule has 0 saturated carbocycles. The van der Waals surface area contributed by atoms with E-state index in [1.165, 1.54) is 49.9 Å². The van der Waals surface area contributed by atoms with Crippen LogP contribution in [0.25, 0.3) is 0 Å². The van der Waals surface area contributed by atoms with E-state index in [-0.39, 0.29) is 83.0 Å². The van der Waals surface area contributed by atoms with Crippen LogP contribution in [0.2, 0.25) is 0 Å². The Morgan fingerprint density at radius 1 is 0.524 bits per heavy atom. The SMILES string of the molecule is CCCCCCCCCCCCC[C@@H]1CC(=O)N[C@H]([C@@H](C)O)C(=O)N[C@H](C)C(=O)N[C@@H](Cc2ccc(O)cc2)C(=O)N[C@@H](C(C)C)C(=O)N2C[C@H](O)C[C@H]2C(=O)N[C@H]([C@@H](C)O)C(=O)N[C@@H]([C@@H](C)O)C(=O)N2CC[C@H](O)[C@H]2C(=O)NC(C(O)CC(N)=O)C(=O)NCC(=O)N[C@H]([C@@H](C)O)C(=O)N[C@@H](CCCN(CCCN)C(=O)[C@@H](CCCN)N(CCN)CCN)C(=O)O1. The number of carbonyl (C=O) groups is 15. The molecule has 1 aromatic rings. The van der Waals surface area contributed by atoms with Gasteiger partial charge in [0.1, 0.15) is 78.3 Å². The normalized spacial score (nSPS) is 26.1. The second-order valence-electron chi connectivity index (χ2n) is 33.4. The van der Waals surface area contributed by atoms with Gasteiger partial charge in [-0.05, 0) is 123 Å². The number of nitrogens with zero attached hydrogens (tertiary/aromatic N) is 4. The van der Waals surface area contributed by atoms with Gasteiger partial charge in [-0.3, -0.25) is 72.0 Å². The Labute approximate surface area is 736 Å². The first-order valence-electron chi connectivity index (χ1n) is 44.1. The van der Waals surface area contributed by atoms with Crippen molar-refractivity contribution in [1.29, 1.82) is 0 Å². The van der Waals surface area contributed by atoms with Crippen LogP contribution in [0.3, 0.4) is 0 Å². The third-order valence-electron chi connectivity index (χ3n) is 22.4. The van der Waals surface area contributed by atoms with Gasteiger partial charge >= 0.3 is 5.97 Å². The third-order valence-corrected chi connectivity index (χ3v) is 22.4. The smallest absolute Gasteiger partial charge is 0.328 e. The highest BCUT2D eigenvalue weighted by Crippen LogP contribution is 2.26. The van der Waals surface area contributed by atoms with E-state index in [4.69, 9.17) is 33.4 Å². The van der Waals surface area contributed by atoms with E-state index in [1.807, 2.05) is 4.90 Å². The largest absolute Gasteiger partial charge is 0.508 e. The quantitative estimate of drug-likeness (QED) is 0.0216. The maximum absolute atomic E-state index is 15.2. The lowest BCUT2D eigenvalue weighted by Crippen LogP contribution is -2.64. The molecule has 14 amide bonds. The number of nitrogens with two attached hydrogens (primary N) is 5. The van der Waals surface area contributed by atoms with Crippen LogP contribution >= 0.6 is 0 Å². The van der Waals surface area contributed by atoms with Gasteiger partial charge in [-0.2, -0.15) is 0 Å². The maximum atomic E-state index is 15.2. The van der Waals surface area contributed by atoms with Gasteiger partial charge < -0.3 is 142 Å². The molecule has 0 radical (unpaired) electrons. The molecule has 43 nitrogen and oxygen atoms in total. The van der Waals surface area contributed by atoms with Crippen molar-refractivity contribution in [1.82, 2.24) is 72.8 Å². The van der Waals surface area contributed by atoms with Crippen LogP contribution in [0.1, 0.15) is 196 Å². The van der Waals surface area contributed by atoms with Crippen molar-refractivity contribution in [2.24, 2.45) is 34.6 Å². The van der Waals surface area contributed by atoms with Crippen molar-refractivity contribution in [2.75, 3.05) is 72.0 Å². The molecule has 1 aromatic carbocycles. The second-order valence-corrected chi connectivity index (χ2v) is 33.4. The lowest BCUT2D eigenvalue weighted by atomic mass is 9.99. The number of rotatable bonds is 38. The molecule has 28 N–H and O–H groups in total. The van der Waals surface area contributed by atoms with Crippen LogP contribution in [0.15, 0.2) is 24.3 Å². The average molecular weight is 1790 g/mol. The minimum Gasteiger partial charge on any atom is -0.508 e. The van der Waals surface area contributed by atoms with Gasteiger partial charge in [0.15, 0.2) is 0 Å². The van der Waals surface area contributed by atoms with Gasteiger partial charge in [0.05, 0.1) is 68.2 Å². The molecule has 0 spiro atoms. The molecule has 0 bridgehead atoms. The number of aromatic hydroxyl groups is 1. The summed E-state index contributed by atoms with van der Waals surface area (Å²) in [4.78, 5) is 221. The van der Waals surface area contributed by atoms with Crippen molar-refractivity contribution >= 4 is 88.7 Å². The zero-order chi connectivity index (χ0) is 94.2.